The molecule has 0 bridgehead atoms. The van der Waals surface area contributed by atoms with Crippen LogP contribution in [0.25, 0.3) is 0 Å². The Bertz CT molecular complexity index is 427. The van der Waals surface area contributed by atoms with Gasteiger partial charge < -0.3 is 19.7 Å². The molecule has 0 amide bonds. The second-order valence-corrected chi connectivity index (χ2v) is 4.27. The third kappa shape index (κ3) is 11.4. The first-order valence-electron chi connectivity index (χ1n) is 6.62. The van der Waals surface area contributed by atoms with Gasteiger partial charge in [0.25, 0.3) is 0 Å². The van der Waals surface area contributed by atoms with Gasteiger partial charge in [0.2, 0.25) is 5.78 Å². The summed E-state index contributed by atoms with van der Waals surface area (Å²) in [5.41, 5.74) is 0. The molecule has 0 radical (unpaired) electrons. The van der Waals surface area contributed by atoms with Gasteiger partial charge in [0, 0.05) is 19.3 Å². The summed E-state index contributed by atoms with van der Waals surface area (Å²) >= 11 is 0. The molecular formula is C13H18O9. The Kier molecular flexibility index (Phi) is 9.98. The van der Waals surface area contributed by atoms with Crippen molar-refractivity contribution in [1.82, 2.24) is 0 Å². The molecule has 2 N–H and O–H groups in total. The van der Waals surface area contributed by atoms with Crippen LogP contribution in [0.15, 0.2) is 0 Å². The first-order chi connectivity index (χ1) is 10.3. The highest BCUT2D eigenvalue weighted by Crippen LogP contribution is 2.01. The molecule has 0 aromatic heterocycles. The molecule has 0 aromatic rings. The van der Waals surface area contributed by atoms with Crippen LogP contribution in [0.3, 0.4) is 0 Å². The summed E-state index contributed by atoms with van der Waals surface area (Å²) in [6.07, 6.45) is 0.0271. The molecule has 0 rings (SSSR count). The molecule has 0 saturated heterocycles. The molecule has 0 aliphatic rings. The highest BCUT2D eigenvalue weighted by atomic mass is 16.6. The average Bonchev–Trinajstić information content (AvgIpc) is 2.45. The molecule has 0 aromatic carbocycles. The van der Waals surface area contributed by atoms with E-state index in [1.807, 2.05) is 0 Å². The van der Waals surface area contributed by atoms with Crippen LogP contribution in [0.5, 0.6) is 0 Å². The van der Waals surface area contributed by atoms with Gasteiger partial charge in [0.05, 0.1) is 6.42 Å². The lowest BCUT2D eigenvalue weighted by atomic mass is 10.2. The molecule has 0 aliphatic heterocycles. The quantitative estimate of drug-likeness (QED) is 0.292. The summed E-state index contributed by atoms with van der Waals surface area (Å²) in [7, 11) is 0. The average molecular weight is 318 g/mol. The maximum absolute atomic E-state index is 11.2. The monoisotopic (exact) mass is 318 g/mol. The summed E-state index contributed by atoms with van der Waals surface area (Å²) in [5, 5.41) is 16.7. The van der Waals surface area contributed by atoms with Crippen LogP contribution in [0, 0.1) is 0 Å². The minimum Gasteiger partial charge on any atom is -0.481 e. The molecule has 22 heavy (non-hydrogen) atoms. The van der Waals surface area contributed by atoms with Gasteiger partial charge in [-0.25, -0.2) is 4.79 Å². The highest BCUT2D eigenvalue weighted by Gasteiger charge is 2.14. The van der Waals surface area contributed by atoms with E-state index in [1.165, 1.54) is 0 Å². The number of rotatable bonds is 12. The molecule has 0 spiro atoms. The standard InChI is InChI=1S/C13H18O9/c14-9(13(19)20)5-6-12(18)22-8-7-21-11(17)4-2-1-3-10(15)16/h1-8H2,(H,15,16)(H,19,20). The number of ether oxygens (including phenoxy) is 2. The summed E-state index contributed by atoms with van der Waals surface area (Å²) in [6, 6.07) is 0. The molecular weight excluding hydrogens is 300 g/mol. The van der Waals surface area contributed by atoms with Crippen LogP contribution in [-0.2, 0) is 33.4 Å². The van der Waals surface area contributed by atoms with Crippen molar-refractivity contribution in [2.45, 2.75) is 38.5 Å². The fraction of sp³-hybridized carbons (Fsp3) is 0.615. The zero-order valence-corrected chi connectivity index (χ0v) is 11.9. The van der Waals surface area contributed by atoms with Crippen molar-refractivity contribution >= 4 is 29.7 Å². The topological polar surface area (TPSA) is 144 Å². The molecule has 0 saturated carbocycles. The number of hydrogen-bond acceptors (Lipinski definition) is 7. The molecule has 0 heterocycles. The van der Waals surface area contributed by atoms with Gasteiger partial charge in [0.1, 0.15) is 13.2 Å². The van der Waals surface area contributed by atoms with Crippen molar-refractivity contribution < 1.29 is 43.7 Å². The van der Waals surface area contributed by atoms with Gasteiger partial charge in [-0.3, -0.25) is 19.2 Å². The Labute approximate surface area is 126 Å². The van der Waals surface area contributed by atoms with Crippen LogP contribution >= 0.6 is 0 Å². The van der Waals surface area contributed by atoms with Gasteiger partial charge in [-0.2, -0.15) is 0 Å². The van der Waals surface area contributed by atoms with E-state index >= 15 is 0 Å². The number of carbonyl (C=O) groups excluding carboxylic acids is 3. The van der Waals surface area contributed by atoms with Crippen LogP contribution in [-0.4, -0.2) is 53.1 Å². The fourth-order valence-electron chi connectivity index (χ4n) is 1.32. The normalized spacial score (nSPS) is 9.82. The summed E-state index contributed by atoms with van der Waals surface area (Å²) in [4.78, 5) is 53.5. The Morgan fingerprint density at radius 2 is 1.18 bits per heavy atom. The number of carboxylic acids is 2. The number of esters is 2. The number of unbranched alkanes of at least 4 members (excludes halogenated alkanes) is 1. The number of ketones is 1. The number of carbonyl (C=O) groups is 5. The van der Waals surface area contributed by atoms with Crippen molar-refractivity contribution in [3.63, 3.8) is 0 Å². The largest absolute Gasteiger partial charge is 0.481 e. The van der Waals surface area contributed by atoms with E-state index in [4.69, 9.17) is 14.9 Å². The zero-order valence-electron chi connectivity index (χ0n) is 11.9. The minimum absolute atomic E-state index is 0.0139. The van der Waals surface area contributed by atoms with Crippen molar-refractivity contribution in [3.05, 3.63) is 0 Å². The summed E-state index contributed by atoms with van der Waals surface area (Å²) in [5.74, 6) is -4.90. The number of carboxylic acid groups (broad SMARTS) is 2. The maximum atomic E-state index is 11.2. The second-order valence-electron chi connectivity index (χ2n) is 4.27. The van der Waals surface area contributed by atoms with Gasteiger partial charge in [-0.15, -0.1) is 0 Å². The molecule has 0 unspecified atom stereocenters. The number of aliphatic carboxylic acids is 2. The SMILES string of the molecule is O=C(O)CCCCC(=O)OCCOC(=O)CCC(=O)C(=O)O. The minimum atomic E-state index is -1.61. The van der Waals surface area contributed by atoms with E-state index in [0.717, 1.165) is 0 Å². The van der Waals surface area contributed by atoms with Gasteiger partial charge >= 0.3 is 23.9 Å². The molecule has 0 aliphatic carbocycles. The number of hydrogen-bond donors (Lipinski definition) is 2. The molecule has 0 atom stereocenters. The van der Waals surface area contributed by atoms with E-state index in [2.05, 4.69) is 4.74 Å². The van der Waals surface area contributed by atoms with Crippen molar-refractivity contribution in [1.29, 1.82) is 0 Å². The number of Topliss-reactive ketones (excluding diaryl/α,β-unsaturated/α-hetero) is 1. The van der Waals surface area contributed by atoms with Crippen molar-refractivity contribution in [2.75, 3.05) is 13.2 Å². The Morgan fingerprint density at radius 3 is 1.68 bits per heavy atom. The smallest absolute Gasteiger partial charge is 0.372 e. The third-order valence-corrected chi connectivity index (χ3v) is 2.43. The van der Waals surface area contributed by atoms with Crippen LogP contribution in [0.1, 0.15) is 38.5 Å². The van der Waals surface area contributed by atoms with Gasteiger partial charge in [-0.1, -0.05) is 0 Å². The lowest BCUT2D eigenvalue weighted by Gasteiger charge is -2.06. The summed E-state index contributed by atoms with van der Waals surface area (Å²) in [6.45, 7) is -0.350. The Hall–Kier alpha value is -2.45. The first kappa shape index (κ1) is 19.6. The Balaban J connectivity index is 3.56. The fourth-order valence-corrected chi connectivity index (χ4v) is 1.32. The van der Waals surface area contributed by atoms with E-state index in [9.17, 15) is 24.0 Å². The van der Waals surface area contributed by atoms with E-state index in [0.29, 0.717) is 12.8 Å². The molecule has 124 valence electrons. The van der Waals surface area contributed by atoms with Gasteiger partial charge in [0.15, 0.2) is 0 Å². The lowest BCUT2D eigenvalue weighted by Crippen LogP contribution is -2.17. The Morgan fingerprint density at radius 1 is 0.682 bits per heavy atom. The van der Waals surface area contributed by atoms with E-state index < -0.39 is 36.1 Å². The van der Waals surface area contributed by atoms with Crippen molar-refractivity contribution in [3.8, 4) is 0 Å². The summed E-state index contributed by atoms with van der Waals surface area (Å²) < 4.78 is 9.38. The van der Waals surface area contributed by atoms with Crippen LogP contribution in [0.2, 0.25) is 0 Å². The predicted molar refractivity (Wildman–Crippen MR) is 69.9 cm³/mol. The first-order valence-corrected chi connectivity index (χ1v) is 6.62. The van der Waals surface area contributed by atoms with Crippen molar-refractivity contribution in [2.24, 2.45) is 0 Å². The van der Waals surface area contributed by atoms with Crippen LogP contribution < -0.4 is 0 Å². The molecule has 9 nitrogen and oxygen atoms in total. The second kappa shape index (κ2) is 11.2. The maximum Gasteiger partial charge on any atom is 0.372 e. The molecule has 0 fully saturated rings. The lowest BCUT2D eigenvalue weighted by molar-refractivity contribution is -0.154. The van der Waals surface area contributed by atoms with Crippen LogP contribution in [0.4, 0.5) is 0 Å². The third-order valence-electron chi connectivity index (χ3n) is 2.43. The predicted octanol–water partition coefficient (Wildman–Crippen LogP) is 0.152. The van der Waals surface area contributed by atoms with E-state index in [-0.39, 0.29) is 32.5 Å². The van der Waals surface area contributed by atoms with Gasteiger partial charge in [-0.05, 0) is 12.8 Å². The molecule has 9 heteroatoms. The highest BCUT2D eigenvalue weighted by molar-refractivity contribution is 6.32. The zero-order chi connectivity index (χ0) is 17.0. The van der Waals surface area contributed by atoms with E-state index in [1.54, 1.807) is 0 Å².